The average Bonchev–Trinajstić information content (AvgIpc) is 3.02. The molecule has 0 bridgehead atoms. The number of rotatable bonds is 6. The summed E-state index contributed by atoms with van der Waals surface area (Å²) in [5.74, 6) is -2.41. The van der Waals surface area contributed by atoms with Gasteiger partial charge in [-0.15, -0.1) is 23.1 Å². The molecule has 1 aromatic rings. The molecule has 0 radical (unpaired) electrons. The summed E-state index contributed by atoms with van der Waals surface area (Å²) in [6.45, 7) is 1.22. The standard InChI is InChI=1S/C12H13N3O5S2/c1-6(16)14-7(11(19)20)5-22-8-4-9(17)15(10(8)18)12-13-2-3-21-12/h2-3,7-8H,4-5H2,1H3,(H,14,16)(H,19,20). The molecule has 0 spiro atoms. The molecule has 1 fully saturated rings. The van der Waals surface area contributed by atoms with Gasteiger partial charge in [-0.25, -0.2) is 14.7 Å². The minimum Gasteiger partial charge on any atom is -0.480 e. The van der Waals surface area contributed by atoms with Crippen molar-refractivity contribution in [2.24, 2.45) is 0 Å². The quantitative estimate of drug-likeness (QED) is 0.703. The second kappa shape index (κ2) is 6.88. The molecule has 1 aliphatic heterocycles. The van der Waals surface area contributed by atoms with E-state index in [1.165, 1.54) is 24.5 Å². The van der Waals surface area contributed by atoms with Gasteiger partial charge >= 0.3 is 5.97 Å². The summed E-state index contributed by atoms with van der Waals surface area (Å²) in [7, 11) is 0. The van der Waals surface area contributed by atoms with Crippen LogP contribution in [-0.4, -0.2) is 50.8 Å². The zero-order chi connectivity index (χ0) is 16.3. The van der Waals surface area contributed by atoms with E-state index in [9.17, 15) is 19.2 Å². The molecule has 1 saturated heterocycles. The molecule has 2 rings (SSSR count). The van der Waals surface area contributed by atoms with E-state index in [0.717, 1.165) is 16.7 Å². The van der Waals surface area contributed by atoms with E-state index in [0.29, 0.717) is 5.13 Å². The molecule has 2 atom stereocenters. The van der Waals surface area contributed by atoms with Crippen molar-refractivity contribution in [3.8, 4) is 0 Å². The van der Waals surface area contributed by atoms with Gasteiger partial charge < -0.3 is 10.4 Å². The van der Waals surface area contributed by atoms with Crippen LogP contribution in [0.5, 0.6) is 0 Å². The highest BCUT2D eigenvalue weighted by Crippen LogP contribution is 2.30. The largest absolute Gasteiger partial charge is 0.480 e. The Bertz CT molecular complexity index is 604. The summed E-state index contributed by atoms with van der Waals surface area (Å²) in [5, 5.41) is 12.6. The van der Waals surface area contributed by atoms with Crippen LogP contribution >= 0.6 is 23.1 Å². The zero-order valence-electron chi connectivity index (χ0n) is 11.5. The van der Waals surface area contributed by atoms with E-state index in [1.807, 2.05) is 0 Å². The van der Waals surface area contributed by atoms with Gasteiger partial charge in [-0.05, 0) is 0 Å². The SMILES string of the molecule is CC(=O)NC(CSC1CC(=O)N(c2nccs2)C1=O)C(=O)O. The molecule has 118 valence electrons. The maximum absolute atomic E-state index is 12.2. The van der Waals surface area contributed by atoms with Crippen molar-refractivity contribution in [2.75, 3.05) is 10.7 Å². The Morgan fingerprint density at radius 1 is 1.59 bits per heavy atom. The molecule has 1 aliphatic rings. The number of aliphatic carboxylic acids is 1. The van der Waals surface area contributed by atoms with Crippen molar-refractivity contribution in [2.45, 2.75) is 24.6 Å². The van der Waals surface area contributed by atoms with E-state index < -0.39 is 29.1 Å². The Morgan fingerprint density at radius 2 is 2.32 bits per heavy atom. The Kier molecular flexibility index (Phi) is 5.14. The fourth-order valence-corrected chi connectivity index (χ4v) is 3.72. The Balaban J connectivity index is 1.99. The minimum atomic E-state index is -1.18. The third kappa shape index (κ3) is 3.63. The van der Waals surface area contributed by atoms with Crippen LogP contribution in [0.3, 0.4) is 0 Å². The van der Waals surface area contributed by atoms with Crippen LogP contribution in [0, 0.1) is 0 Å². The number of imide groups is 1. The molecule has 0 aromatic carbocycles. The predicted octanol–water partition coefficient (Wildman–Crippen LogP) is 0.0975. The van der Waals surface area contributed by atoms with Crippen LogP contribution < -0.4 is 10.2 Å². The highest BCUT2D eigenvalue weighted by atomic mass is 32.2. The Morgan fingerprint density at radius 3 is 2.86 bits per heavy atom. The summed E-state index contributed by atoms with van der Waals surface area (Å²) in [6.07, 6.45) is 1.49. The number of hydrogen-bond acceptors (Lipinski definition) is 7. The number of hydrogen-bond donors (Lipinski definition) is 2. The molecular weight excluding hydrogens is 330 g/mol. The highest BCUT2D eigenvalue weighted by molar-refractivity contribution is 8.00. The highest BCUT2D eigenvalue weighted by Gasteiger charge is 2.41. The van der Waals surface area contributed by atoms with Crippen LogP contribution in [0.4, 0.5) is 5.13 Å². The molecule has 2 N–H and O–H groups in total. The normalized spacial score (nSPS) is 19.3. The monoisotopic (exact) mass is 343 g/mol. The lowest BCUT2D eigenvalue weighted by molar-refractivity contribution is -0.140. The van der Waals surface area contributed by atoms with Gasteiger partial charge in [0.2, 0.25) is 17.7 Å². The Hall–Kier alpha value is -1.94. The number of aromatic nitrogens is 1. The van der Waals surface area contributed by atoms with E-state index in [4.69, 9.17) is 5.11 Å². The molecular formula is C12H13N3O5S2. The molecule has 22 heavy (non-hydrogen) atoms. The lowest BCUT2D eigenvalue weighted by atomic mass is 10.3. The number of carbonyl (C=O) groups is 4. The van der Waals surface area contributed by atoms with Gasteiger partial charge in [-0.2, -0.15) is 0 Å². The summed E-state index contributed by atoms with van der Waals surface area (Å²) in [6, 6.07) is -1.10. The van der Waals surface area contributed by atoms with Crippen LogP contribution in [0.25, 0.3) is 0 Å². The fraction of sp³-hybridized carbons (Fsp3) is 0.417. The van der Waals surface area contributed by atoms with E-state index in [-0.39, 0.29) is 18.1 Å². The van der Waals surface area contributed by atoms with Crippen LogP contribution in [0.15, 0.2) is 11.6 Å². The molecule has 0 saturated carbocycles. The summed E-state index contributed by atoms with van der Waals surface area (Å²) < 4.78 is 0. The van der Waals surface area contributed by atoms with Crippen molar-refractivity contribution in [1.82, 2.24) is 10.3 Å². The van der Waals surface area contributed by atoms with Crippen LogP contribution in [0.1, 0.15) is 13.3 Å². The van der Waals surface area contributed by atoms with Crippen molar-refractivity contribution in [3.63, 3.8) is 0 Å². The molecule has 3 amide bonds. The van der Waals surface area contributed by atoms with Crippen molar-refractivity contribution < 1.29 is 24.3 Å². The van der Waals surface area contributed by atoms with Crippen molar-refractivity contribution >= 4 is 51.9 Å². The fourth-order valence-electron chi connectivity index (χ4n) is 1.89. The lowest BCUT2D eigenvalue weighted by Crippen LogP contribution is -2.42. The first kappa shape index (κ1) is 16.4. The van der Waals surface area contributed by atoms with Gasteiger partial charge in [0, 0.05) is 30.7 Å². The van der Waals surface area contributed by atoms with Gasteiger partial charge in [0.25, 0.3) is 0 Å². The average molecular weight is 343 g/mol. The number of anilines is 1. The first-order valence-corrected chi connectivity index (χ1v) is 8.20. The smallest absolute Gasteiger partial charge is 0.327 e. The Labute approximate surface area is 133 Å². The lowest BCUT2D eigenvalue weighted by Gasteiger charge is -2.15. The molecule has 1 aromatic heterocycles. The second-order valence-corrected chi connectivity index (χ2v) is 6.61. The number of carbonyl (C=O) groups excluding carboxylic acids is 3. The molecule has 2 unspecified atom stereocenters. The van der Waals surface area contributed by atoms with Crippen LogP contribution in [-0.2, 0) is 19.2 Å². The topological polar surface area (TPSA) is 117 Å². The van der Waals surface area contributed by atoms with Crippen molar-refractivity contribution in [1.29, 1.82) is 0 Å². The summed E-state index contributed by atoms with van der Waals surface area (Å²) in [4.78, 5) is 51.1. The number of carboxylic acid groups (broad SMARTS) is 1. The van der Waals surface area contributed by atoms with Crippen molar-refractivity contribution in [3.05, 3.63) is 11.6 Å². The molecule has 10 heteroatoms. The number of thiazole rings is 1. The maximum atomic E-state index is 12.2. The first-order chi connectivity index (χ1) is 10.4. The predicted molar refractivity (Wildman–Crippen MR) is 80.7 cm³/mol. The summed E-state index contributed by atoms with van der Waals surface area (Å²) >= 11 is 2.22. The zero-order valence-corrected chi connectivity index (χ0v) is 13.1. The number of thioether (sulfide) groups is 1. The van der Waals surface area contributed by atoms with E-state index in [1.54, 1.807) is 5.38 Å². The third-order valence-electron chi connectivity index (χ3n) is 2.86. The minimum absolute atomic E-state index is 0.00427. The van der Waals surface area contributed by atoms with Gasteiger partial charge in [-0.1, -0.05) is 0 Å². The first-order valence-electron chi connectivity index (χ1n) is 6.28. The number of carboxylic acids is 1. The molecule has 8 nitrogen and oxygen atoms in total. The number of nitrogens with zero attached hydrogens (tertiary/aromatic N) is 2. The van der Waals surface area contributed by atoms with E-state index in [2.05, 4.69) is 10.3 Å². The second-order valence-electron chi connectivity index (χ2n) is 4.50. The van der Waals surface area contributed by atoms with E-state index >= 15 is 0 Å². The molecule has 2 heterocycles. The number of nitrogens with one attached hydrogen (secondary N) is 1. The van der Waals surface area contributed by atoms with Gasteiger partial charge in [0.15, 0.2) is 5.13 Å². The molecule has 0 aliphatic carbocycles. The summed E-state index contributed by atoms with van der Waals surface area (Å²) in [5.41, 5.74) is 0. The maximum Gasteiger partial charge on any atom is 0.327 e. The van der Waals surface area contributed by atoms with Gasteiger partial charge in [0.05, 0.1) is 5.25 Å². The third-order valence-corrected chi connectivity index (χ3v) is 4.91. The number of amides is 3. The van der Waals surface area contributed by atoms with Gasteiger partial charge in [-0.3, -0.25) is 14.4 Å². The van der Waals surface area contributed by atoms with Crippen LogP contribution in [0.2, 0.25) is 0 Å². The van der Waals surface area contributed by atoms with Gasteiger partial charge in [0.1, 0.15) is 6.04 Å².